The number of hydrogen-bond donors (Lipinski definition) is 1. The van der Waals surface area contributed by atoms with E-state index in [9.17, 15) is 8.78 Å². The molecule has 0 saturated heterocycles. The Morgan fingerprint density at radius 2 is 2.00 bits per heavy atom. The number of halogens is 3. The first-order chi connectivity index (χ1) is 8.02. The average Bonchev–Trinajstić information content (AvgIpc) is 2.70. The van der Waals surface area contributed by atoms with Gasteiger partial charge in [0.05, 0.1) is 6.04 Å². The van der Waals surface area contributed by atoms with Crippen molar-refractivity contribution in [1.29, 1.82) is 0 Å². The van der Waals surface area contributed by atoms with Crippen molar-refractivity contribution < 1.29 is 8.78 Å². The minimum absolute atomic E-state index is 0.0795. The number of thiophene rings is 1. The predicted octanol–water partition coefficient (Wildman–Crippen LogP) is 4.15. The molecule has 17 heavy (non-hydrogen) atoms. The van der Waals surface area contributed by atoms with Crippen LogP contribution in [0.2, 0.25) is 0 Å². The van der Waals surface area contributed by atoms with Gasteiger partial charge < -0.3 is 5.73 Å². The molecule has 1 heterocycles. The zero-order valence-corrected chi connectivity index (χ0v) is 11.4. The molecule has 1 unspecified atom stereocenters. The molecule has 0 fully saturated rings. The summed E-state index contributed by atoms with van der Waals surface area (Å²) in [5.41, 5.74) is 6.93. The molecule has 0 radical (unpaired) electrons. The Kier molecular flexibility index (Phi) is 3.61. The molecule has 0 bridgehead atoms. The average molecular weight is 318 g/mol. The summed E-state index contributed by atoms with van der Waals surface area (Å²) in [6.07, 6.45) is 0. The van der Waals surface area contributed by atoms with Crippen LogP contribution in [-0.4, -0.2) is 0 Å². The van der Waals surface area contributed by atoms with Crippen molar-refractivity contribution in [2.24, 2.45) is 5.73 Å². The number of aryl methyl sites for hydroxylation is 1. The van der Waals surface area contributed by atoms with Crippen molar-refractivity contribution in [3.63, 3.8) is 0 Å². The van der Waals surface area contributed by atoms with Crippen LogP contribution in [0.15, 0.2) is 27.4 Å². The highest BCUT2D eigenvalue weighted by Gasteiger charge is 2.21. The summed E-state index contributed by atoms with van der Waals surface area (Å²) < 4.78 is 28.4. The molecule has 0 spiro atoms. The molecule has 0 amide bonds. The molecule has 2 N–H and O–H groups in total. The first-order valence-corrected chi connectivity index (χ1v) is 6.67. The molecule has 0 aliphatic carbocycles. The molecule has 1 aromatic carbocycles. The molecule has 90 valence electrons. The van der Waals surface area contributed by atoms with E-state index in [0.717, 1.165) is 4.47 Å². The zero-order valence-electron chi connectivity index (χ0n) is 9.01. The zero-order chi connectivity index (χ0) is 12.6. The second-order valence-corrected chi connectivity index (χ2v) is 5.34. The minimum Gasteiger partial charge on any atom is -0.320 e. The van der Waals surface area contributed by atoms with Crippen LogP contribution in [0.1, 0.15) is 22.7 Å². The van der Waals surface area contributed by atoms with Crippen LogP contribution in [0.4, 0.5) is 8.78 Å². The van der Waals surface area contributed by atoms with Gasteiger partial charge in [0.15, 0.2) is 0 Å². The van der Waals surface area contributed by atoms with Gasteiger partial charge >= 0.3 is 0 Å². The van der Waals surface area contributed by atoms with Crippen LogP contribution in [-0.2, 0) is 0 Å². The summed E-state index contributed by atoms with van der Waals surface area (Å²) in [6.45, 7) is 1.59. The first-order valence-electron chi connectivity index (χ1n) is 4.94. The Bertz CT molecular complexity index is 553. The topological polar surface area (TPSA) is 26.0 Å². The van der Waals surface area contributed by atoms with E-state index in [-0.39, 0.29) is 5.56 Å². The molecule has 2 aromatic rings. The van der Waals surface area contributed by atoms with Crippen molar-refractivity contribution in [3.8, 4) is 0 Å². The molecule has 2 rings (SSSR count). The highest BCUT2D eigenvalue weighted by molar-refractivity contribution is 9.10. The lowest BCUT2D eigenvalue weighted by molar-refractivity contribution is 0.538. The highest BCUT2D eigenvalue weighted by atomic mass is 79.9. The van der Waals surface area contributed by atoms with Crippen molar-refractivity contribution in [3.05, 3.63) is 55.7 Å². The molecule has 0 saturated carbocycles. The van der Waals surface area contributed by atoms with Gasteiger partial charge in [0.1, 0.15) is 11.6 Å². The van der Waals surface area contributed by atoms with Crippen LogP contribution in [0.5, 0.6) is 0 Å². The van der Waals surface area contributed by atoms with Crippen LogP contribution in [0.25, 0.3) is 0 Å². The fourth-order valence-corrected chi connectivity index (χ4v) is 3.21. The van der Waals surface area contributed by atoms with E-state index >= 15 is 0 Å². The maximum Gasteiger partial charge on any atom is 0.134 e. The number of rotatable bonds is 2. The van der Waals surface area contributed by atoms with Gasteiger partial charge in [-0.25, -0.2) is 8.78 Å². The third kappa shape index (κ3) is 2.27. The summed E-state index contributed by atoms with van der Waals surface area (Å²) in [4.78, 5) is 0. The maximum absolute atomic E-state index is 13.9. The van der Waals surface area contributed by atoms with Gasteiger partial charge in [-0.2, -0.15) is 11.3 Å². The molecular formula is C12H10BrF2NS. The second-order valence-electron chi connectivity index (χ2n) is 3.74. The van der Waals surface area contributed by atoms with Gasteiger partial charge in [0, 0.05) is 15.4 Å². The van der Waals surface area contributed by atoms with Crippen LogP contribution in [0.3, 0.4) is 0 Å². The lowest BCUT2D eigenvalue weighted by atomic mass is 9.99. The fraction of sp³-hybridized carbons (Fsp3) is 0.167. The van der Waals surface area contributed by atoms with Crippen molar-refractivity contribution in [2.45, 2.75) is 13.0 Å². The molecular weight excluding hydrogens is 308 g/mol. The van der Waals surface area contributed by atoms with Gasteiger partial charge in [-0.15, -0.1) is 0 Å². The Hall–Kier alpha value is -0.780. The first kappa shape index (κ1) is 12.7. The number of benzene rings is 1. The minimum atomic E-state index is -0.796. The third-order valence-electron chi connectivity index (χ3n) is 2.61. The molecule has 1 atom stereocenters. The molecule has 0 aliphatic heterocycles. The molecule has 0 aliphatic rings. The smallest absolute Gasteiger partial charge is 0.134 e. The Morgan fingerprint density at radius 3 is 2.59 bits per heavy atom. The third-order valence-corrected chi connectivity index (χ3v) is 4.36. The van der Waals surface area contributed by atoms with E-state index < -0.39 is 17.7 Å². The summed E-state index contributed by atoms with van der Waals surface area (Å²) in [6, 6.07) is 1.85. The maximum atomic E-state index is 13.9. The Balaban J connectivity index is 2.55. The lowest BCUT2D eigenvalue weighted by Crippen LogP contribution is -2.16. The Labute approximate surface area is 110 Å². The predicted molar refractivity (Wildman–Crippen MR) is 69.1 cm³/mol. The van der Waals surface area contributed by atoms with E-state index in [2.05, 4.69) is 15.9 Å². The fourth-order valence-electron chi connectivity index (χ4n) is 1.63. The normalized spacial score (nSPS) is 12.8. The monoisotopic (exact) mass is 317 g/mol. The second kappa shape index (κ2) is 4.84. The number of hydrogen-bond acceptors (Lipinski definition) is 2. The summed E-state index contributed by atoms with van der Waals surface area (Å²) >= 11 is 4.75. The van der Waals surface area contributed by atoms with E-state index in [1.165, 1.54) is 23.5 Å². The van der Waals surface area contributed by atoms with E-state index in [1.54, 1.807) is 12.3 Å². The van der Waals surface area contributed by atoms with Crippen molar-refractivity contribution in [1.82, 2.24) is 0 Å². The molecule has 1 nitrogen and oxygen atoms in total. The van der Waals surface area contributed by atoms with Crippen molar-refractivity contribution >= 4 is 27.3 Å². The van der Waals surface area contributed by atoms with Crippen LogP contribution >= 0.6 is 27.3 Å². The van der Waals surface area contributed by atoms with E-state index in [1.807, 2.05) is 5.38 Å². The largest absolute Gasteiger partial charge is 0.320 e. The van der Waals surface area contributed by atoms with E-state index in [0.29, 0.717) is 11.1 Å². The standard InChI is InChI=1S/C12H10BrF2NS/c1-6-2-3-9(14)10(11(6)15)12(16)7-4-17-5-8(7)13/h2-5,12H,16H2,1H3. The van der Waals surface area contributed by atoms with Gasteiger partial charge in [-0.05, 0) is 45.4 Å². The Morgan fingerprint density at radius 1 is 1.29 bits per heavy atom. The van der Waals surface area contributed by atoms with Gasteiger partial charge in [-0.1, -0.05) is 6.07 Å². The summed E-state index contributed by atoms with van der Waals surface area (Å²) in [7, 11) is 0. The summed E-state index contributed by atoms with van der Waals surface area (Å²) in [5, 5.41) is 3.62. The van der Waals surface area contributed by atoms with Gasteiger partial charge in [0.2, 0.25) is 0 Å². The van der Waals surface area contributed by atoms with E-state index in [4.69, 9.17) is 5.73 Å². The molecule has 1 aromatic heterocycles. The lowest BCUT2D eigenvalue weighted by Gasteiger charge is -2.14. The van der Waals surface area contributed by atoms with Crippen LogP contribution < -0.4 is 5.73 Å². The SMILES string of the molecule is Cc1ccc(F)c(C(N)c2cscc2Br)c1F. The van der Waals surface area contributed by atoms with Gasteiger partial charge in [0.25, 0.3) is 0 Å². The van der Waals surface area contributed by atoms with Gasteiger partial charge in [-0.3, -0.25) is 0 Å². The molecule has 5 heteroatoms. The van der Waals surface area contributed by atoms with Crippen molar-refractivity contribution in [2.75, 3.05) is 0 Å². The number of nitrogens with two attached hydrogens (primary N) is 1. The summed E-state index contributed by atoms with van der Waals surface area (Å²) in [5.74, 6) is -1.19. The van der Waals surface area contributed by atoms with Crippen LogP contribution in [0, 0.1) is 18.6 Å². The quantitative estimate of drug-likeness (QED) is 0.884. The highest BCUT2D eigenvalue weighted by Crippen LogP contribution is 2.33.